The lowest BCUT2D eigenvalue weighted by Gasteiger charge is -2.26. The monoisotopic (exact) mass is 290 g/mol. The number of carbonyl (C=O) groups excluding carboxylic acids is 1. The molecule has 0 saturated heterocycles. The van der Waals surface area contributed by atoms with Crippen molar-refractivity contribution in [3.05, 3.63) is 29.8 Å². The van der Waals surface area contributed by atoms with Crippen LogP contribution in [-0.2, 0) is 0 Å². The quantitative estimate of drug-likeness (QED) is 0.838. The summed E-state index contributed by atoms with van der Waals surface area (Å²) in [5.74, 6) is -0.114. The molecule has 0 unspecified atom stereocenters. The summed E-state index contributed by atoms with van der Waals surface area (Å²) >= 11 is 0. The van der Waals surface area contributed by atoms with Gasteiger partial charge >= 0.3 is 0 Å². The Bertz CT molecular complexity index is 477. The van der Waals surface area contributed by atoms with Crippen LogP contribution in [0.5, 0.6) is 0 Å². The molecule has 2 rings (SSSR count). The minimum absolute atomic E-state index is 0.114. The molecule has 4 nitrogen and oxygen atoms in total. The fourth-order valence-electron chi connectivity index (χ4n) is 2.84. The van der Waals surface area contributed by atoms with Crippen molar-refractivity contribution in [2.45, 2.75) is 44.1 Å². The number of aliphatic hydroxyl groups is 1. The molecule has 0 heterocycles. The van der Waals surface area contributed by atoms with E-state index in [-0.39, 0.29) is 5.91 Å². The van der Waals surface area contributed by atoms with E-state index in [1.165, 1.54) is 12.8 Å². The fourth-order valence-corrected chi connectivity index (χ4v) is 2.84. The molecule has 0 atom stereocenters. The van der Waals surface area contributed by atoms with E-state index in [4.69, 9.17) is 0 Å². The molecule has 0 radical (unpaired) electrons. The van der Waals surface area contributed by atoms with Crippen LogP contribution in [0.15, 0.2) is 24.3 Å². The zero-order chi connectivity index (χ0) is 15.3. The van der Waals surface area contributed by atoms with Gasteiger partial charge in [-0.2, -0.15) is 0 Å². The van der Waals surface area contributed by atoms with Gasteiger partial charge in [0.05, 0.1) is 5.60 Å². The number of nitrogens with zero attached hydrogens (tertiary/aromatic N) is 1. The first-order chi connectivity index (χ1) is 10.0. The van der Waals surface area contributed by atoms with Crippen molar-refractivity contribution in [1.29, 1.82) is 0 Å². The van der Waals surface area contributed by atoms with E-state index in [0.29, 0.717) is 12.1 Å². The van der Waals surface area contributed by atoms with Gasteiger partial charge in [0, 0.05) is 31.9 Å². The van der Waals surface area contributed by atoms with Gasteiger partial charge in [0.2, 0.25) is 0 Å². The average Bonchev–Trinajstić information content (AvgIpc) is 2.70. The number of rotatable bonds is 4. The topological polar surface area (TPSA) is 52.6 Å². The molecule has 0 spiro atoms. The van der Waals surface area contributed by atoms with Gasteiger partial charge in [-0.1, -0.05) is 31.7 Å². The number of hydrogen-bond acceptors (Lipinski definition) is 3. The second kappa shape index (κ2) is 6.94. The third-order valence-electron chi connectivity index (χ3n) is 4.24. The predicted octanol–water partition coefficient (Wildman–Crippen LogP) is 2.57. The molecule has 2 N–H and O–H groups in total. The molecule has 1 aromatic rings. The Kier molecular flexibility index (Phi) is 5.23. The van der Waals surface area contributed by atoms with Crippen LogP contribution >= 0.6 is 0 Å². The summed E-state index contributed by atoms with van der Waals surface area (Å²) in [6, 6.07) is 7.52. The van der Waals surface area contributed by atoms with E-state index in [1.54, 1.807) is 6.07 Å². The maximum atomic E-state index is 12.2. The summed E-state index contributed by atoms with van der Waals surface area (Å²) in [5.41, 5.74) is 0.903. The molecule has 1 saturated carbocycles. The SMILES string of the molecule is CN(C)c1cccc(C(=O)NCC2(O)CCCCCC2)c1. The van der Waals surface area contributed by atoms with Gasteiger partial charge in [0.1, 0.15) is 0 Å². The Hall–Kier alpha value is -1.55. The van der Waals surface area contributed by atoms with E-state index in [1.807, 2.05) is 37.2 Å². The average molecular weight is 290 g/mol. The molecule has 1 aromatic carbocycles. The molecule has 1 aliphatic rings. The highest BCUT2D eigenvalue weighted by Crippen LogP contribution is 2.26. The first-order valence-corrected chi connectivity index (χ1v) is 7.78. The number of benzene rings is 1. The highest BCUT2D eigenvalue weighted by molar-refractivity contribution is 5.95. The highest BCUT2D eigenvalue weighted by atomic mass is 16.3. The van der Waals surface area contributed by atoms with Gasteiger partial charge in [-0.25, -0.2) is 0 Å². The lowest BCUT2D eigenvalue weighted by atomic mass is 9.94. The molecule has 116 valence electrons. The molecule has 21 heavy (non-hydrogen) atoms. The van der Waals surface area contributed by atoms with Gasteiger partial charge in [0.15, 0.2) is 0 Å². The number of anilines is 1. The van der Waals surface area contributed by atoms with Gasteiger partial charge in [-0.15, -0.1) is 0 Å². The van der Waals surface area contributed by atoms with Gasteiger partial charge < -0.3 is 15.3 Å². The summed E-state index contributed by atoms with van der Waals surface area (Å²) < 4.78 is 0. The van der Waals surface area contributed by atoms with Gasteiger partial charge in [-0.3, -0.25) is 4.79 Å². The summed E-state index contributed by atoms with van der Waals surface area (Å²) in [7, 11) is 3.90. The van der Waals surface area contributed by atoms with Crippen molar-refractivity contribution in [1.82, 2.24) is 5.32 Å². The lowest BCUT2D eigenvalue weighted by Crippen LogP contribution is -2.42. The van der Waals surface area contributed by atoms with E-state index >= 15 is 0 Å². The third-order valence-corrected chi connectivity index (χ3v) is 4.24. The smallest absolute Gasteiger partial charge is 0.251 e. The Morgan fingerprint density at radius 1 is 1.24 bits per heavy atom. The Morgan fingerprint density at radius 3 is 2.52 bits per heavy atom. The first kappa shape index (κ1) is 15.8. The molecule has 0 bridgehead atoms. The second-order valence-electron chi connectivity index (χ2n) is 6.27. The molecular weight excluding hydrogens is 264 g/mol. The molecular formula is C17H26N2O2. The third kappa shape index (κ3) is 4.46. The van der Waals surface area contributed by atoms with Crippen molar-refractivity contribution >= 4 is 11.6 Å². The Labute approximate surface area is 127 Å². The van der Waals surface area contributed by atoms with E-state index < -0.39 is 5.60 Å². The normalized spacial score (nSPS) is 17.9. The zero-order valence-corrected chi connectivity index (χ0v) is 13.1. The van der Waals surface area contributed by atoms with Crippen LogP contribution in [0.3, 0.4) is 0 Å². The van der Waals surface area contributed by atoms with Crippen LogP contribution in [0.4, 0.5) is 5.69 Å². The van der Waals surface area contributed by atoms with Crippen LogP contribution in [0, 0.1) is 0 Å². The number of carbonyl (C=O) groups is 1. The van der Waals surface area contributed by atoms with Crippen LogP contribution in [-0.4, -0.2) is 37.3 Å². The Morgan fingerprint density at radius 2 is 1.90 bits per heavy atom. The van der Waals surface area contributed by atoms with E-state index in [9.17, 15) is 9.90 Å². The number of hydrogen-bond donors (Lipinski definition) is 2. The van der Waals surface area contributed by atoms with Crippen LogP contribution in [0.25, 0.3) is 0 Å². The van der Waals surface area contributed by atoms with Crippen molar-refractivity contribution in [3.8, 4) is 0 Å². The first-order valence-electron chi connectivity index (χ1n) is 7.78. The van der Waals surface area contributed by atoms with E-state index in [0.717, 1.165) is 31.4 Å². The maximum Gasteiger partial charge on any atom is 0.251 e. The van der Waals surface area contributed by atoms with Crippen molar-refractivity contribution < 1.29 is 9.90 Å². The van der Waals surface area contributed by atoms with Gasteiger partial charge in [0.25, 0.3) is 5.91 Å². The highest BCUT2D eigenvalue weighted by Gasteiger charge is 2.28. The minimum Gasteiger partial charge on any atom is -0.388 e. The molecule has 4 heteroatoms. The molecule has 1 aliphatic carbocycles. The van der Waals surface area contributed by atoms with Crippen molar-refractivity contribution in [3.63, 3.8) is 0 Å². The zero-order valence-electron chi connectivity index (χ0n) is 13.1. The minimum atomic E-state index is -0.731. The van der Waals surface area contributed by atoms with Gasteiger partial charge in [-0.05, 0) is 31.0 Å². The van der Waals surface area contributed by atoms with E-state index in [2.05, 4.69) is 5.32 Å². The van der Waals surface area contributed by atoms with Crippen LogP contribution in [0.1, 0.15) is 48.9 Å². The predicted molar refractivity (Wildman–Crippen MR) is 85.8 cm³/mol. The standard InChI is InChI=1S/C17H26N2O2/c1-19(2)15-9-7-8-14(12-15)16(20)18-13-17(21)10-5-3-4-6-11-17/h7-9,12,21H,3-6,10-11,13H2,1-2H3,(H,18,20). The van der Waals surface area contributed by atoms with Crippen LogP contribution in [0.2, 0.25) is 0 Å². The largest absolute Gasteiger partial charge is 0.388 e. The fraction of sp³-hybridized carbons (Fsp3) is 0.588. The summed E-state index contributed by atoms with van der Waals surface area (Å²) in [6.07, 6.45) is 6.02. The number of nitrogens with one attached hydrogen (secondary N) is 1. The lowest BCUT2D eigenvalue weighted by molar-refractivity contribution is 0.0246. The molecule has 0 aliphatic heterocycles. The number of amides is 1. The maximum absolute atomic E-state index is 12.2. The summed E-state index contributed by atoms with van der Waals surface area (Å²) in [4.78, 5) is 14.2. The summed E-state index contributed by atoms with van der Waals surface area (Å²) in [6.45, 7) is 0.345. The second-order valence-corrected chi connectivity index (χ2v) is 6.27. The van der Waals surface area contributed by atoms with Crippen molar-refractivity contribution in [2.75, 3.05) is 25.5 Å². The molecule has 0 aromatic heterocycles. The summed E-state index contributed by atoms with van der Waals surface area (Å²) in [5, 5.41) is 13.5. The molecule has 1 fully saturated rings. The molecule has 1 amide bonds. The van der Waals surface area contributed by atoms with Crippen molar-refractivity contribution in [2.24, 2.45) is 0 Å². The van der Waals surface area contributed by atoms with Crippen LogP contribution < -0.4 is 10.2 Å². The Balaban J connectivity index is 1.96.